The van der Waals surface area contributed by atoms with Gasteiger partial charge in [-0.05, 0) is 38.5 Å². The van der Waals surface area contributed by atoms with Crippen molar-refractivity contribution in [3.63, 3.8) is 0 Å². The van der Waals surface area contributed by atoms with Crippen LogP contribution in [0.5, 0.6) is 0 Å². The third-order valence-electron chi connectivity index (χ3n) is 8.23. The molecule has 0 saturated carbocycles. The molecule has 4 atom stereocenters. The summed E-state index contributed by atoms with van der Waals surface area (Å²) in [6, 6.07) is -0.980. The molecule has 1 amide bonds. The average Bonchev–Trinajstić information content (AvgIpc) is 2.98. The Balaban J connectivity index is 3.65. The normalized spacial score (nSPS) is 14.8. The van der Waals surface area contributed by atoms with Gasteiger partial charge in [0.25, 0.3) is 0 Å². The fraction of sp³-hybridized carbons (Fsp3) is 0.914. The topological polar surface area (TPSA) is 110 Å². The van der Waals surface area contributed by atoms with Gasteiger partial charge in [-0.1, -0.05) is 148 Å². The minimum absolute atomic E-state index is 0.363. The minimum atomic E-state index is -1.25. The van der Waals surface area contributed by atoms with Gasteiger partial charge in [-0.2, -0.15) is 0 Å². The van der Waals surface area contributed by atoms with Crippen molar-refractivity contribution in [2.24, 2.45) is 0 Å². The molecule has 4 unspecified atom stereocenters. The molecule has 0 aliphatic carbocycles. The summed E-state index contributed by atoms with van der Waals surface area (Å²) < 4.78 is 0. The van der Waals surface area contributed by atoms with Crippen LogP contribution in [0.15, 0.2) is 12.2 Å². The summed E-state index contributed by atoms with van der Waals surface area (Å²) in [5, 5.41) is 42.8. The van der Waals surface area contributed by atoms with Gasteiger partial charge in [0, 0.05) is 0 Å². The number of carbonyl (C=O) groups excluding carboxylic acids is 1. The molecule has 0 rings (SSSR count). The van der Waals surface area contributed by atoms with Crippen LogP contribution in [-0.4, -0.2) is 57.3 Å². The van der Waals surface area contributed by atoms with E-state index in [0.717, 1.165) is 51.4 Å². The van der Waals surface area contributed by atoms with E-state index in [1.54, 1.807) is 0 Å². The molecule has 0 saturated heterocycles. The van der Waals surface area contributed by atoms with Crippen molar-refractivity contribution in [2.45, 2.75) is 199 Å². The summed E-state index contributed by atoms with van der Waals surface area (Å²) in [6.07, 6.45) is 30.1. The van der Waals surface area contributed by atoms with Gasteiger partial charge in [-0.3, -0.25) is 4.79 Å². The maximum Gasteiger partial charge on any atom is 0.249 e. The highest BCUT2D eigenvalue weighted by Crippen LogP contribution is 2.14. The molecule has 0 heterocycles. The zero-order valence-corrected chi connectivity index (χ0v) is 27.0. The van der Waals surface area contributed by atoms with Crippen molar-refractivity contribution in [3.8, 4) is 0 Å². The second-order valence-electron chi connectivity index (χ2n) is 12.2. The second kappa shape index (κ2) is 30.5. The highest BCUT2D eigenvalue weighted by molar-refractivity contribution is 5.80. The van der Waals surface area contributed by atoms with Crippen LogP contribution in [-0.2, 0) is 4.79 Å². The smallest absolute Gasteiger partial charge is 0.249 e. The number of amides is 1. The van der Waals surface area contributed by atoms with Crippen molar-refractivity contribution >= 4 is 5.91 Å². The molecule has 0 fully saturated rings. The van der Waals surface area contributed by atoms with E-state index < -0.39 is 36.9 Å². The van der Waals surface area contributed by atoms with E-state index in [2.05, 4.69) is 31.3 Å². The molecule has 0 aliphatic heterocycles. The number of nitrogens with one attached hydrogen (secondary N) is 1. The van der Waals surface area contributed by atoms with E-state index in [1.165, 1.54) is 96.3 Å². The Morgan fingerprint density at radius 1 is 0.585 bits per heavy atom. The first kappa shape index (κ1) is 40.1. The lowest BCUT2D eigenvalue weighted by Crippen LogP contribution is -2.53. The number of hydrogen-bond donors (Lipinski definition) is 5. The van der Waals surface area contributed by atoms with Crippen molar-refractivity contribution in [3.05, 3.63) is 12.2 Å². The molecule has 0 aliphatic rings. The predicted molar refractivity (Wildman–Crippen MR) is 173 cm³/mol. The number of unbranched alkanes of at least 4 members (excludes halogenated alkanes) is 20. The van der Waals surface area contributed by atoms with E-state index in [1.807, 2.05) is 0 Å². The van der Waals surface area contributed by atoms with E-state index in [-0.39, 0.29) is 0 Å². The minimum Gasteiger partial charge on any atom is -0.394 e. The lowest BCUT2D eigenvalue weighted by molar-refractivity contribution is -0.132. The fourth-order valence-electron chi connectivity index (χ4n) is 5.34. The Hall–Kier alpha value is -0.950. The second-order valence-corrected chi connectivity index (χ2v) is 12.2. The van der Waals surface area contributed by atoms with Gasteiger partial charge in [-0.15, -0.1) is 0 Å². The van der Waals surface area contributed by atoms with Gasteiger partial charge < -0.3 is 25.7 Å². The Labute approximate surface area is 253 Å². The van der Waals surface area contributed by atoms with Crippen LogP contribution in [0.3, 0.4) is 0 Å². The standard InChI is InChI=1S/C35H69NO5/c1-3-5-7-9-10-11-12-13-14-15-16-17-18-19-20-21-22-23-24-25-27-29-33(39)35(41)36-31(30-37)34(40)32(38)28-26-8-6-4-2/h18-19,31-34,37-40H,3-17,20-30H2,1-2H3,(H,36,41)/b19-18-. The summed E-state index contributed by atoms with van der Waals surface area (Å²) in [7, 11) is 0. The summed E-state index contributed by atoms with van der Waals surface area (Å²) in [5.74, 6) is -0.596. The number of aliphatic hydroxyl groups is 4. The van der Waals surface area contributed by atoms with Crippen molar-refractivity contribution in [1.82, 2.24) is 5.32 Å². The van der Waals surface area contributed by atoms with Crippen LogP contribution in [0.2, 0.25) is 0 Å². The van der Waals surface area contributed by atoms with Gasteiger partial charge in [0.05, 0.1) is 18.8 Å². The molecule has 0 aromatic carbocycles. The van der Waals surface area contributed by atoms with Crippen molar-refractivity contribution in [2.75, 3.05) is 6.61 Å². The number of carbonyl (C=O) groups is 1. The van der Waals surface area contributed by atoms with Crippen molar-refractivity contribution < 1.29 is 25.2 Å². The van der Waals surface area contributed by atoms with Crippen LogP contribution in [0.4, 0.5) is 0 Å². The van der Waals surface area contributed by atoms with E-state index in [0.29, 0.717) is 12.8 Å². The molecular weight excluding hydrogens is 514 g/mol. The van der Waals surface area contributed by atoms with Gasteiger partial charge >= 0.3 is 0 Å². The Morgan fingerprint density at radius 3 is 1.44 bits per heavy atom. The third-order valence-corrected chi connectivity index (χ3v) is 8.23. The first-order chi connectivity index (χ1) is 20.0. The first-order valence-electron chi connectivity index (χ1n) is 17.6. The Bertz CT molecular complexity index is 585. The summed E-state index contributed by atoms with van der Waals surface area (Å²) in [6.45, 7) is 3.89. The molecule has 0 spiro atoms. The maximum absolute atomic E-state index is 12.3. The molecule has 6 nitrogen and oxygen atoms in total. The zero-order valence-electron chi connectivity index (χ0n) is 27.0. The zero-order chi connectivity index (χ0) is 30.4. The SMILES string of the molecule is CCCCCCCCCCCCC/C=C\CCCCCCCCC(O)C(=O)NC(CO)C(O)C(O)CCCCCC. The van der Waals surface area contributed by atoms with E-state index >= 15 is 0 Å². The Kier molecular flexibility index (Phi) is 29.8. The summed E-state index contributed by atoms with van der Waals surface area (Å²) in [5.41, 5.74) is 0. The molecule has 0 aromatic heterocycles. The number of hydrogen-bond acceptors (Lipinski definition) is 5. The average molecular weight is 584 g/mol. The third kappa shape index (κ3) is 25.3. The fourth-order valence-corrected chi connectivity index (χ4v) is 5.34. The van der Waals surface area contributed by atoms with E-state index in [4.69, 9.17) is 0 Å². The molecule has 41 heavy (non-hydrogen) atoms. The van der Waals surface area contributed by atoms with E-state index in [9.17, 15) is 25.2 Å². The summed E-state index contributed by atoms with van der Waals surface area (Å²) >= 11 is 0. The Morgan fingerprint density at radius 2 is 0.976 bits per heavy atom. The maximum atomic E-state index is 12.3. The van der Waals surface area contributed by atoms with Gasteiger partial charge in [-0.25, -0.2) is 0 Å². The van der Waals surface area contributed by atoms with Gasteiger partial charge in [0.1, 0.15) is 12.2 Å². The highest BCUT2D eigenvalue weighted by atomic mass is 16.3. The molecule has 0 radical (unpaired) electrons. The van der Waals surface area contributed by atoms with Crippen LogP contribution < -0.4 is 5.32 Å². The van der Waals surface area contributed by atoms with Crippen molar-refractivity contribution in [1.29, 1.82) is 0 Å². The molecule has 6 heteroatoms. The van der Waals surface area contributed by atoms with Crippen LogP contribution in [0, 0.1) is 0 Å². The van der Waals surface area contributed by atoms with Gasteiger partial charge in [0.15, 0.2) is 0 Å². The monoisotopic (exact) mass is 584 g/mol. The van der Waals surface area contributed by atoms with Crippen LogP contribution in [0.1, 0.15) is 174 Å². The largest absolute Gasteiger partial charge is 0.394 e. The van der Waals surface area contributed by atoms with Crippen LogP contribution in [0.25, 0.3) is 0 Å². The molecule has 244 valence electrons. The molecule has 0 bridgehead atoms. The summed E-state index contributed by atoms with van der Waals surface area (Å²) in [4.78, 5) is 12.3. The van der Waals surface area contributed by atoms with Crippen LogP contribution >= 0.6 is 0 Å². The predicted octanol–water partition coefficient (Wildman–Crippen LogP) is 7.89. The first-order valence-corrected chi connectivity index (χ1v) is 17.6. The number of rotatable bonds is 31. The lowest BCUT2D eigenvalue weighted by Gasteiger charge is -2.27. The molecule has 5 N–H and O–H groups in total. The molecule has 0 aromatic rings. The lowest BCUT2D eigenvalue weighted by atomic mass is 9.99. The highest BCUT2D eigenvalue weighted by Gasteiger charge is 2.28. The number of allylic oxidation sites excluding steroid dienone is 2. The quantitative estimate of drug-likeness (QED) is 0.0421. The van der Waals surface area contributed by atoms with Gasteiger partial charge in [0.2, 0.25) is 5.91 Å². The molecular formula is C35H69NO5. The number of aliphatic hydroxyl groups excluding tert-OH is 4.